The molecule has 0 radical (unpaired) electrons. The molecule has 7 nitrogen and oxygen atoms in total. The van der Waals surface area contributed by atoms with Gasteiger partial charge < -0.3 is 28.8 Å². The Kier molecular flexibility index (Phi) is 4.55. The minimum absolute atomic E-state index is 0.0535. The Morgan fingerprint density at radius 1 is 1.15 bits per heavy atom. The maximum absolute atomic E-state index is 13.6. The molecule has 2 aliphatic heterocycles. The molecule has 0 spiro atoms. The average Bonchev–Trinajstić information content (AvgIpc) is 2.71. The number of phenolic OH excluding ortho intramolecular Hbond substituents is 2. The van der Waals surface area contributed by atoms with Crippen LogP contribution in [0.15, 0.2) is 39.7 Å². The Hall–Kier alpha value is -3.45. The van der Waals surface area contributed by atoms with Gasteiger partial charge in [-0.15, -0.1) is 0 Å². The van der Waals surface area contributed by atoms with E-state index in [0.29, 0.717) is 28.9 Å². The second-order valence-corrected chi connectivity index (χ2v) is 9.68. The second-order valence-electron chi connectivity index (χ2n) is 9.68. The predicted octanol–water partition coefficient (Wildman–Crippen LogP) is 5.30. The summed E-state index contributed by atoms with van der Waals surface area (Å²) < 4.78 is 23.2. The Labute approximate surface area is 190 Å². The van der Waals surface area contributed by atoms with Gasteiger partial charge in [0, 0.05) is 6.42 Å². The molecule has 7 heteroatoms. The van der Waals surface area contributed by atoms with Crippen molar-refractivity contribution in [3.05, 3.63) is 51.9 Å². The van der Waals surface area contributed by atoms with E-state index in [-0.39, 0.29) is 39.4 Å². The number of methoxy groups -OCH3 is 1. The van der Waals surface area contributed by atoms with Crippen LogP contribution < -0.4 is 14.9 Å². The summed E-state index contributed by atoms with van der Waals surface area (Å²) in [6.45, 7) is 7.78. The second kappa shape index (κ2) is 7.02. The summed E-state index contributed by atoms with van der Waals surface area (Å²) in [6, 6.07) is 4.64. The van der Waals surface area contributed by atoms with Gasteiger partial charge in [0.1, 0.15) is 28.7 Å². The van der Waals surface area contributed by atoms with Gasteiger partial charge in [0.25, 0.3) is 0 Å². The summed E-state index contributed by atoms with van der Waals surface area (Å²) in [5, 5.41) is 21.6. The number of rotatable bonds is 3. The van der Waals surface area contributed by atoms with Crippen molar-refractivity contribution in [1.29, 1.82) is 0 Å². The van der Waals surface area contributed by atoms with Crippen molar-refractivity contribution in [1.82, 2.24) is 0 Å². The zero-order valence-corrected chi connectivity index (χ0v) is 19.2. The van der Waals surface area contributed by atoms with Gasteiger partial charge in [-0.05, 0) is 57.5 Å². The van der Waals surface area contributed by atoms with Crippen LogP contribution in [0.3, 0.4) is 0 Å². The monoisotopic (exact) mass is 450 g/mol. The SMILES string of the molecule is COc1ccc(-c2coc3c4c(c(C5CC(C)(C)O5)c(O)c3c2=O)OC(C)(C)C=C4)cc1O. The molecule has 1 unspecified atom stereocenters. The Morgan fingerprint density at radius 2 is 1.88 bits per heavy atom. The molecule has 3 heterocycles. The van der Waals surface area contributed by atoms with Crippen molar-refractivity contribution in [2.75, 3.05) is 7.11 Å². The molecular formula is C26H26O7. The van der Waals surface area contributed by atoms with Gasteiger partial charge in [-0.25, -0.2) is 0 Å². The van der Waals surface area contributed by atoms with E-state index in [1.165, 1.54) is 19.4 Å². The fourth-order valence-corrected chi connectivity index (χ4v) is 4.55. The number of hydrogen-bond acceptors (Lipinski definition) is 7. The maximum atomic E-state index is 13.6. The van der Waals surface area contributed by atoms with E-state index in [1.54, 1.807) is 12.1 Å². The molecule has 3 aromatic rings. The standard InChI is InChI=1S/C26H26O7/c1-25(2)9-8-14-23-20(22(29)19(24(14)33-25)18-11-26(3,4)32-18)21(28)15(12-31-23)13-6-7-17(30-5)16(27)10-13/h6-10,12,18,27,29H,11H2,1-5H3. The van der Waals surface area contributed by atoms with E-state index in [2.05, 4.69) is 0 Å². The van der Waals surface area contributed by atoms with E-state index in [1.807, 2.05) is 39.8 Å². The summed E-state index contributed by atoms with van der Waals surface area (Å²) >= 11 is 0. The minimum atomic E-state index is -0.595. The third-order valence-corrected chi connectivity index (χ3v) is 6.19. The first-order chi connectivity index (χ1) is 15.5. The Morgan fingerprint density at radius 3 is 2.52 bits per heavy atom. The highest BCUT2D eigenvalue weighted by molar-refractivity contribution is 5.97. The molecule has 1 fully saturated rings. The topological polar surface area (TPSA) is 98.4 Å². The van der Waals surface area contributed by atoms with Gasteiger partial charge in [-0.3, -0.25) is 4.79 Å². The van der Waals surface area contributed by atoms with Crippen molar-refractivity contribution >= 4 is 17.0 Å². The molecule has 1 saturated heterocycles. The first kappa shape index (κ1) is 21.4. The summed E-state index contributed by atoms with van der Waals surface area (Å²) in [7, 11) is 1.45. The molecule has 5 rings (SSSR count). The highest BCUT2D eigenvalue weighted by Crippen LogP contribution is 2.53. The molecule has 2 aliphatic rings. The maximum Gasteiger partial charge on any atom is 0.204 e. The number of ether oxygens (including phenoxy) is 3. The van der Waals surface area contributed by atoms with Crippen LogP contribution >= 0.6 is 0 Å². The number of benzene rings is 2. The van der Waals surface area contributed by atoms with Crippen LogP contribution in [0.1, 0.15) is 51.3 Å². The molecule has 0 aliphatic carbocycles. The molecule has 172 valence electrons. The molecule has 2 N–H and O–H groups in total. The van der Waals surface area contributed by atoms with Crippen LogP contribution in [-0.2, 0) is 4.74 Å². The molecule has 0 bridgehead atoms. The van der Waals surface area contributed by atoms with E-state index < -0.39 is 17.1 Å². The van der Waals surface area contributed by atoms with Gasteiger partial charge in [0.05, 0.1) is 35.5 Å². The third-order valence-electron chi connectivity index (χ3n) is 6.19. The zero-order chi connectivity index (χ0) is 23.7. The average molecular weight is 450 g/mol. The molecule has 2 aromatic carbocycles. The number of aromatic hydroxyl groups is 2. The fourth-order valence-electron chi connectivity index (χ4n) is 4.55. The lowest BCUT2D eigenvalue weighted by Gasteiger charge is -2.44. The molecule has 1 atom stereocenters. The molecule has 1 aromatic heterocycles. The van der Waals surface area contributed by atoms with Crippen molar-refractivity contribution < 1.29 is 28.8 Å². The fraction of sp³-hybridized carbons (Fsp3) is 0.346. The molecule has 33 heavy (non-hydrogen) atoms. The van der Waals surface area contributed by atoms with E-state index in [4.69, 9.17) is 18.6 Å². The minimum Gasteiger partial charge on any atom is -0.506 e. The van der Waals surface area contributed by atoms with E-state index >= 15 is 0 Å². The summed E-state index contributed by atoms with van der Waals surface area (Å²) in [4.78, 5) is 13.6. The normalized spacial score (nSPS) is 20.1. The first-order valence-electron chi connectivity index (χ1n) is 10.8. The summed E-state index contributed by atoms with van der Waals surface area (Å²) in [5.41, 5.74) is 0.591. The number of hydrogen-bond donors (Lipinski definition) is 2. The van der Waals surface area contributed by atoms with Crippen LogP contribution in [0.4, 0.5) is 0 Å². The van der Waals surface area contributed by atoms with Gasteiger partial charge >= 0.3 is 0 Å². The predicted molar refractivity (Wildman–Crippen MR) is 124 cm³/mol. The smallest absolute Gasteiger partial charge is 0.204 e. The lowest BCUT2D eigenvalue weighted by atomic mass is 9.85. The summed E-state index contributed by atoms with van der Waals surface area (Å²) in [6.07, 6.45) is 5.34. The van der Waals surface area contributed by atoms with Crippen LogP contribution in [-0.4, -0.2) is 28.5 Å². The highest BCUT2D eigenvalue weighted by atomic mass is 16.5. The van der Waals surface area contributed by atoms with Gasteiger partial charge in [-0.1, -0.05) is 6.07 Å². The lowest BCUT2D eigenvalue weighted by molar-refractivity contribution is -0.189. The van der Waals surface area contributed by atoms with Crippen molar-refractivity contribution in [2.45, 2.75) is 51.4 Å². The third kappa shape index (κ3) is 3.35. The molecule has 0 amide bonds. The van der Waals surface area contributed by atoms with Crippen molar-refractivity contribution in [2.24, 2.45) is 0 Å². The molecular weight excluding hydrogens is 424 g/mol. The van der Waals surface area contributed by atoms with E-state index in [9.17, 15) is 15.0 Å². The lowest BCUT2D eigenvalue weighted by Crippen LogP contribution is -2.40. The highest BCUT2D eigenvalue weighted by Gasteiger charge is 2.43. The van der Waals surface area contributed by atoms with Gasteiger partial charge in [-0.2, -0.15) is 0 Å². The van der Waals surface area contributed by atoms with Gasteiger partial charge in [0.15, 0.2) is 17.1 Å². The van der Waals surface area contributed by atoms with Crippen LogP contribution in [0.5, 0.6) is 23.0 Å². The quantitative estimate of drug-likeness (QED) is 0.558. The Balaban J connectivity index is 1.78. The van der Waals surface area contributed by atoms with Crippen molar-refractivity contribution in [3.63, 3.8) is 0 Å². The van der Waals surface area contributed by atoms with Crippen LogP contribution in [0.25, 0.3) is 28.2 Å². The Bertz CT molecular complexity index is 1370. The first-order valence-corrected chi connectivity index (χ1v) is 10.8. The zero-order valence-electron chi connectivity index (χ0n) is 19.2. The molecule has 0 saturated carbocycles. The number of phenols is 2. The van der Waals surface area contributed by atoms with E-state index in [0.717, 1.165) is 0 Å². The largest absolute Gasteiger partial charge is 0.506 e. The van der Waals surface area contributed by atoms with Crippen LogP contribution in [0, 0.1) is 0 Å². The van der Waals surface area contributed by atoms with Crippen LogP contribution in [0.2, 0.25) is 0 Å². The van der Waals surface area contributed by atoms with Gasteiger partial charge in [0.2, 0.25) is 5.43 Å². The number of fused-ring (bicyclic) bond motifs is 3. The summed E-state index contributed by atoms with van der Waals surface area (Å²) in [5.74, 6) is 0.445. The van der Waals surface area contributed by atoms with Crippen molar-refractivity contribution in [3.8, 4) is 34.1 Å².